The maximum Gasteiger partial charge on any atom is 0.227 e. The molecule has 2 heterocycles. The van der Waals surface area contributed by atoms with E-state index in [4.69, 9.17) is 9.47 Å². The molecule has 1 unspecified atom stereocenters. The zero-order chi connectivity index (χ0) is 18.6. The molecule has 27 heavy (non-hydrogen) atoms. The standard InChI is InChI=1S/C19H19N5O3/c1-26-16-9-5-6-13-10-14(12-27-18(13)16)19(25)20-11-17-21-22-23-24(17)15-7-3-2-4-8-15/h2-9,14H,10-12H2,1H3,(H,20,25). The molecule has 3 aromatic rings. The molecule has 0 fully saturated rings. The third kappa shape index (κ3) is 3.46. The van der Waals surface area contributed by atoms with E-state index in [2.05, 4.69) is 20.8 Å². The normalized spacial score (nSPS) is 15.5. The topological polar surface area (TPSA) is 91.2 Å². The summed E-state index contributed by atoms with van der Waals surface area (Å²) in [4.78, 5) is 12.6. The fraction of sp³-hybridized carbons (Fsp3) is 0.263. The van der Waals surface area contributed by atoms with Crippen molar-refractivity contribution in [3.05, 3.63) is 59.9 Å². The number of amides is 1. The van der Waals surface area contributed by atoms with Crippen LogP contribution < -0.4 is 14.8 Å². The second-order valence-corrected chi connectivity index (χ2v) is 6.22. The molecule has 0 saturated carbocycles. The monoisotopic (exact) mass is 365 g/mol. The van der Waals surface area contributed by atoms with E-state index in [0.29, 0.717) is 24.6 Å². The Morgan fingerprint density at radius 3 is 2.93 bits per heavy atom. The van der Waals surface area contributed by atoms with Gasteiger partial charge in [-0.05, 0) is 40.6 Å². The third-order valence-electron chi connectivity index (χ3n) is 4.50. The number of nitrogens with one attached hydrogen (secondary N) is 1. The van der Waals surface area contributed by atoms with Crippen LogP contribution >= 0.6 is 0 Å². The van der Waals surface area contributed by atoms with Gasteiger partial charge < -0.3 is 14.8 Å². The molecule has 0 aliphatic carbocycles. The molecule has 0 saturated heterocycles. The molecule has 8 heteroatoms. The number of carbonyl (C=O) groups excluding carboxylic acids is 1. The highest BCUT2D eigenvalue weighted by Gasteiger charge is 2.28. The van der Waals surface area contributed by atoms with Gasteiger partial charge in [0.15, 0.2) is 17.3 Å². The Morgan fingerprint density at radius 2 is 2.11 bits per heavy atom. The molecular formula is C19H19N5O3. The van der Waals surface area contributed by atoms with Gasteiger partial charge in [-0.3, -0.25) is 4.79 Å². The molecule has 1 aliphatic heterocycles. The SMILES string of the molecule is COc1cccc2c1OCC(C(=O)NCc1nnnn1-c1ccccc1)C2. The predicted octanol–water partition coefficient (Wildman–Crippen LogP) is 1.54. The Bertz CT molecular complexity index is 942. The lowest BCUT2D eigenvalue weighted by Gasteiger charge is -2.25. The Kier molecular flexibility index (Phi) is 4.69. The summed E-state index contributed by atoms with van der Waals surface area (Å²) in [6.07, 6.45) is 0.599. The summed E-state index contributed by atoms with van der Waals surface area (Å²) in [7, 11) is 1.61. The van der Waals surface area contributed by atoms with Gasteiger partial charge in [-0.1, -0.05) is 30.3 Å². The molecule has 1 atom stereocenters. The molecule has 1 aromatic heterocycles. The summed E-state index contributed by atoms with van der Waals surface area (Å²) in [6.45, 7) is 0.547. The first-order valence-corrected chi connectivity index (χ1v) is 8.65. The quantitative estimate of drug-likeness (QED) is 0.737. The molecule has 138 valence electrons. The fourth-order valence-electron chi connectivity index (χ4n) is 3.12. The van der Waals surface area contributed by atoms with Gasteiger partial charge in [0.25, 0.3) is 0 Å². The van der Waals surface area contributed by atoms with Crippen molar-refractivity contribution in [1.82, 2.24) is 25.5 Å². The van der Waals surface area contributed by atoms with Crippen LogP contribution in [0.3, 0.4) is 0 Å². The molecule has 1 N–H and O–H groups in total. The summed E-state index contributed by atoms with van der Waals surface area (Å²) < 4.78 is 12.7. The summed E-state index contributed by atoms with van der Waals surface area (Å²) in [5, 5.41) is 14.6. The zero-order valence-electron chi connectivity index (χ0n) is 14.8. The molecular weight excluding hydrogens is 346 g/mol. The number of aromatic nitrogens is 4. The Hall–Kier alpha value is -3.42. The number of hydrogen-bond acceptors (Lipinski definition) is 6. The van der Waals surface area contributed by atoms with Gasteiger partial charge in [-0.15, -0.1) is 5.10 Å². The smallest absolute Gasteiger partial charge is 0.227 e. The highest BCUT2D eigenvalue weighted by molar-refractivity contribution is 5.79. The Balaban J connectivity index is 1.42. The van der Waals surface area contributed by atoms with Crippen molar-refractivity contribution < 1.29 is 14.3 Å². The van der Waals surface area contributed by atoms with Crippen molar-refractivity contribution >= 4 is 5.91 Å². The van der Waals surface area contributed by atoms with Crippen LogP contribution in [-0.2, 0) is 17.8 Å². The van der Waals surface area contributed by atoms with Crippen molar-refractivity contribution in [1.29, 1.82) is 0 Å². The van der Waals surface area contributed by atoms with Crippen LogP contribution in [0.4, 0.5) is 0 Å². The first kappa shape index (κ1) is 17.0. The number of carbonyl (C=O) groups is 1. The lowest BCUT2D eigenvalue weighted by atomic mass is 9.95. The number of hydrogen-bond donors (Lipinski definition) is 1. The van der Waals surface area contributed by atoms with Crippen molar-refractivity contribution in [2.75, 3.05) is 13.7 Å². The van der Waals surface area contributed by atoms with Crippen LogP contribution in [0.25, 0.3) is 5.69 Å². The van der Waals surface area contributed by atoms with Crippen molar-refractivity contribution in [2.45, 2.75) is 13.0 Å². The number of rotatable bonds is 5. The minimum atomic E-state index is -0.273. The van der Waals surface area contributed by atoms with E-state index < -0.39 is 0 Å². The van der Waals surface area contributed by atoms with Gasteiger partial charge in [0.2, 0.25) is 5.91 Å². The molecule has 1 aliphatic rings. The van der Waals surface area contributed by atoms with E-state index in [0.717, 1.165) is 17.0 Å². The van der Waals surface area contributed by atoms with Crippen LogP contribution in [0, 0.1) is 5.92 Å². The highest BCUT2D eigenvalue weighted by atomic mass is 16.5. The molecule has 1 amide bonds. The first-order valence-electron chi connectivity index (χ1n) is 8.65. The molecule has 0 radical (unpaired) electrons. The van der Waals surface area contributed by atoms with E-state index in [1.807, 2.05) is 48.5 Å². The van der Waals surface area contributed by atoms with Gasteiger partial charge in [-0.25, -0.2) is 0 Å². The van der Waals surface area contributed by atoms with E-state index >= 15 is 0 Å². The number of para-hydroxylation sites is 2. The van der Waals surface area contributed by atoms with E-state index in [9.17, 15) is 4.79 Å². The van der Waals surface area contributed by atoms with E-state index in [1.165, 1.54) is 0 Å². The van der Waals surface area contributed by atoms with Crippen LogP contribution in [0.1, 0.15) is 11.4 Å². The fourth-order valence-corrected chi connectivity index (χ4v) is 3.12. The average Bonchev–Trinajstić information content (AvgIpc) is 3.20. The van der Waals surface area contributed by atoms with Gasteiger partial charge in [-0.2, -0.15) is 4.68 Å². The summed E-state index contributed by atoms with van der Waals surface area (Å²) in [5.41, 5.74) is 1.81. The van der Waals surface area contributed by atoms with Crippen LogP contribution in [0.2, 0.25) is 0 Å². The number of methoxy groups -OCH3 is 1. The number of fused-ring (bicyclic) bond motifs is 1. The largest absolute Gasteiger partial charge is 0.493 e. The van der Waals surface area contributed by atoms with Gasteiger partial charge in [0.05, 0.1) is 25.3 Å². The maximum absolute atomic E-state index is 12.6. The summed E-state index contributed by atoms with van der Waals surface area (Å²) >= 11 is 0. The van der Waals surface area contributed by atoms with Gasteiger partial charge in [0, 0.05) is 0 Å². The number of ether oxygens (including phenoxy) is 2. The Morgan fingerprint density at radius 1 is 1.26 bits per heavy atom. The minimum absolute atomic E-state index is 0.0916. The molecule has 8 nitrogen and oxygen atoms in total. The second-order valence-electron chi connectivity index (χ2n) is 6.22. The number of nitrogens with zero attached hydrogens (tertiary/aromatic N) is 4. The summed E-state index contributed by atoms with van der Waals surface area (Å²) in [5.74, 6) is 1.61. The average molecular weight is 365 g/mol. The maximum atomic E-state index is 12.6. The van der Waals surface area contributed by atoms with Gasteiger partial charge in [0.1, 0.15) is 6.61 Å². The van der Waals surface area contributed by atoms with Crippen LogP contribution in [0.15, 0.2) is 48.5 Å². The number of benzene rings is 2. The first-order chi connectivity index (χ1) is 13.3. The van der Waals surface area contributed by atoms with Crippen molar-refractivity contribution in [2.24, 2.45) is 5.92 Å². The molecule has 0 bridgehead atoms. The van der Waals surface area contributed by atoms with Gasteiger partial charge >= 0.3 is 0 Å². The zero-order valence-corrected chi connectivity index (χ0v) is 14.8. The molecule has 0 spiro atoms. The lowest BCUT2D eigenvalue weighted by molar-refractivity contribution is -0.126. The molecule has 2 aromatic carbocycles. The van der Waals surface area contributed by atoms with E-state index in [1.54, 1.807) is 11.8 Å². The minimum Gasteiger partial charge on any atom is -0.493 e. The molecule has 4 rings (SSSR count). The number of tetrazole rings is 1. The third-order valence-corrected chi connectivity index (χ3v) is 4.50. The predicted molar refractivity (Wildman–Crippen MR) is 96.7 cm³/mol. The van der Waals surface area contributed by atoms with E-state index in [-0.39, 0.29) is 18.4 Å². The lowest BCUT2D eigenvalue weighted by Crippen LogP contribution is -2.37. The summed E-state index contributed by atoms with van der Waals surface area (Å²) in [6, 6.07) is 15.2. The van der Waals surface area contributed by atoms with Crippen LogP contribution in [-0.4, -0.2) is 39.8 Å². The second kappa shape index (κ2) is 7.45. The van der Waals surface area contributed by atoms with Crippen molar-refractivity contribution in [3.8, 4) is 17.2 Å². The Labute approximate surface area is 156 Å². The van der Waals surface area contributed by atoms with Crippen molar-refractivity contribution in [3.63, 3.8) is 0 Å². The highest BCUT2D eigenvalue weighted by Crippen LogP contribution is 2.36. The van der Waals surface area contributed by atoms with Crippen LogP contribution in [0.5, 0.6) is 11.5 Å².